The van der Waals surface area contributed by atoms with Gasteiger partial charge in [-0.1, -0.05) is 6.08 Å². The van der Waals surface area contributed by atoms with Gasteiger partial charge in [0.25, 0.3) is 0 Å². The zero-order chi connectivity index (χ0) is 20.0. The third kappa shape index (κ3) is 5.16. The van der Waals surface area contributed by atoms with Gasteiger partial charge in [-0.3, -0.25) is 4.79 Å². The molecule has 2 rings (SSSR count). The van der Waals surface area contributed by atoms with E-state index in [0.717, 1.165) is 40.0 Å². The van der Waals surface area contributed by atoms with Crippen LogP contribution in [0.1, 0.15) is 31.9 Å². The summed E-state index contributed by atoms with van der Waals surface area (Å²) in [7, 11) is 3.45. The summed E-state index contributed by atoms with van der Waals surface area (Å²) in [5.74, 6) is 0.495. The van der Waals surface area contributed by atoms with Crippen LogP contribution in [0.15, 0.2) is 46.2 Å². The molecule has 0 saturated carbocycles. The Hall–Kier alpha value is -2.69. The van der Waals surface area contributed by atoms with Crippen LogP contribution >= 0.6 is 0 Å². The Kier molecular flexibility index (Phi) is 7.11. The van der Waals surface area contributed by atoms with E-state index in [1.165, 1.54) is 12.8 Å². The van der Waals surface area contributed by atoms with E-state index in [4.69, 9.17) is 13.9 Å². The number of carbonyl (C=O) groups is 1. The van der Waals surface area contributed by atoms with Crippen LogP contribution in [0.4, 0.5) is 0 Å². The van der Waals surface area contributed by atoms with Gasteiger partial charge in [0.2, 0.25) is 0 Å². The van der Waals surface area contributed by atoms with Gasteiger partial charge >= 0.3 is 5.97 Å². The van der Waals surface area contributed by atoms with Gasteiger partial charge in [-0.25, -0.2) is 0 Å². The van der Waals surface area contributed by atoms with Crippen LogP contribution < -0.4 is 4.74 Å². The summed E-state index contributed by atoms with van der Waals surface area (Å²) in [5, 5.41) is 0.915. The monoisotopic (exact) mass is 371 g/mol. The first kappa shape index (κ1) is 20.6. The second-order valence-corrected chi connectivity index (χ2v) is 6.70. The van der Waals surface area contributed by atoms with Crippen LogP contribution in [-0.4, -0.2) is 38.2 Å². The number of aryl methyl sites for hydroxylation is 1. The summed E-state index contributed by atoms with van der Waals surface area (Å²) in [5.41, 5.74) is 4.83. The molecule has 0 radical (unpaired) electrons. The molecule has 0 aliphatic heterocycles. The molecular weight excluding hydrogens is 342 g/mol. The first-order chi connectivity index (χ1) is 12.9. The normalized spacial score (nSPS) is 12.4. The maximum atomic E-state index is 11.5. The fourth-order valence-corrected chi connectivity index (χ4v) is 2.67. The van der Waals surface area contributed by atoms with E-state index in [1.54, 1.807) is 6.26 Å². The van der Waals surface area contributed by atoms with Crippen molar-refractivity contribution in [3.05, 3.63) is 52.9 Å². The average molecular weight is 371 g/mol. The Morgan fingerprint density at radius 2 is 2.00 bits per heavy atom. The first-order valence-electron chi connectivity index (χ1n) is 9.11. The molecule has 0 spiro atoms. The fourth-order valence-electron chi connectivity index (χ4n) is 2.67. The van der Waals surface area contributed by atoms with E-state index in [-0.39, 0.29) is 12.4 Å². The highest BCUT2D eigenvalue weighted by atomic mass is 16.5. The third-order valence-electron chi connectivity index (χ3n) is 4.72. The molecular formula is C22H29NO4. The van der Waals surface area contributed by atoms with Crippen LogP contribution in [0.2, 0.25) is 0 Å². The summed E-state index contributed by atoms with van der Waals surface area (Å²) >= 11 is 0. The number of fused-ring (bicyclic) bond motifs is 1. The first-order valence-corrected chi connectivity index (χ1v) is 9.11. The van der Waals surface area contributed by atoms with Crippen molar-refractivity contribution in [1.29, 1.82) is 0 Å². The lowest BCUT2D eigenvalue weighted by Gasteiger charge is -2.16. The predicted molar refractivity (Wildman–Crippen MR) is 108 cm³/mol. The fraction of sp³-hybridized carbons (Fsp3) is 0.409. The standard InChI is InChI=1S/C22H29NO4/c1-7-23(5)16(3)9-8-15(2)13-26-20-11-10-19-18(12-21(24)25-6)14-27-22(19)17(20)4/h8-11,14H,7,12-13H2,1-6H3/b15-8+,16-9-. The van der Waals surface area contributed by atoms with Gasteiger partial charge in [0.15, 0.2) is 0 Å². The molecule has 1 heterocycles. The maximum Gasteiger partial charge on any atom is 0.310 e. The van der Waals surface area contributed by atoms with Crippen molar-refractivity contribution < 1.29 is 18.7 Å². The van der Waals surface area contributed by atoms with Crippen LogP contribution in [0.25, 0.3) is 11.0 Å². The quantitative estimate of drug-likeness (QED) is 0.500. The molecule has 0 aliphatic carbocycles. The summed E-state index contributed by atoms with van der Waals surface area (Å²) in [6, 6.07) is 3.85. The Bertz CT molecular complexity index is 861. The number of hydrogen-bond donors (Lipinski definition) is 0. The number of furan rings is 1. The van der Waals surface area contributed by atoms with Crippen molar-refractivity contribution >= 4 is 16.9 Å². The van der Waals surface area contributed by atoms with E-state index >= 15 is 0 Å². The Morgan fingerprint density at radius 3 is 2.67 bits per heavy atom. The van der Waals surface area contributed by atoms with Crippen LogP contribution in [0, 0.1) is 6.92 Å². The molecule has 146 valence electrons. The molecule has 0 bridgehead atoms. The van der Waals surface area contributed by atoms with Crippen molar-refractivity contribution in [3.8, 4) is 5.75 Å². The molecule has 0 fully saturated rings. The van der Waals surface area contributed by atoms with Gasteiger partial charge in [-0.2, -0.15) is 0 Å². The highest BCUT2D eigenvalue weighted by Gasteiger charge is 2.14. The molecule has 1 aromatic heterocycles. The molecule has 5 heteroatoms. The van der Waals surface area contributed by atoms with Gasteiger partial charge < -0.3 is 18.8 Å². The van der Waals surface area contributed by atoms with Crippen LogP contribution in [-0.2, 0) is 16.0 Å². The molecule has 0 aliphatic rings. The van der Waals surface area contributed by atoms with E-state index < -0.39 is 0 Å². The molecule has 0 amide bonds. The average Bonchev–Trinajstić information content (AvgIpc) is 3.08. The van der Waals surface area contributed by atoms with E-state index in [2.05, 4.69) is 37.9 Å². The number of rotatable bonds is 8. The lowest BCUT2D eigenvalue weighted by atomic mass is 10.1. The lowest BCUT2D eigenvalue weighted by Crippen LogP contribution is -2.14. The molecule has 5 nitrogen and oxygen atoms in total. The number of esters is 1. The number of carbonyl (C=O) groups excluding carboxylic acids is 1. The van der Waals surface area contributed by atoms with Crippen molar-refractivity contribution in [2.75, 3.05) is 27.3 Å². The number of benzene rings is 1. The number of nitrogens with zero attached hydrogens (tertiary/aromatic N) is 1. The Labute approximate surface area is 161 Å². The second kappa shape index (κ2) is 9.31. The zero-order valence-corrected chi connectivity index (χ0v) is 17.1. The second-order valence-electron chi connectivity index (χ2n) is 6.70. The molecule has 0 atom stereocenters. The molecule has 0 unspecified atom stereocenters. The van der Waals surface area contributed by atoms with E-state index in [0.29, 0.717) is 6.61 Å². The van der Waals surface area contributed by atoms with Gasteiger partial charge in [0.1, 0.15) is 17.9 Å². The minimum absolute atomic E-state index is 0.197. The van der Waals surface area contributed by atoms with Gasteiger partial charge in [0.05, 0.1) is 19.8 Å². The van der Waals surface area contributed by atoms with Gasteiger partial charge in [0, 0.05) is 35.8 Å². The highest BCUT2D eigenvalue weighted by molar-refractivity contribution is 5.88. The topological polar surface area (TPSA) is 51.9 Å². The SMILES string of the molecule is CCN(C)/C(C)=C\C=C(/C)COc1ccc2c(CC(=O)OC)coc2c1C. The highest BCUT2D eigenvalue weighted by Crippen LogP contribution is 2.31. The van der Waals surface area contributed by atoms with E-state index in [9.17, 15) is 4.79 Å². The molecule has 1 aromatic carbocycles. The summed E-state index contributed by atoms with van der Waals surface area (Å²) in [4.78, 5) is 13.7. The van der Waals surface area contributed by atoms with Crippen LogP contribution in [0.3, 0.4) is 0 Å². The van der Waals surface area contributed by atoms with Crippen molar-refractivity contribution in [3.63, 3.8) is 0 Å². The smallest absolute Gasteiger partial charge is 0.310 e. The summed E-state index contributed by atoms with van der Waals surface area (Å²) in [6.45, 7) is 9.71. The Balaban J connectivity index is 2.11. The number of allylic oxidation sites excluding steroid dienone is 3. The predicted octanol–water partition coefficient (Wildman–Crippen LogP) is 4.64. The molecule has 2 aromatic rings. The van der Waals surface area contributed by atoms with Crippen molar-refractivity contribution in [2.45, 2.75) is 34.1 Å². The minimum Gasteiger partial charge on any atom is -0.489 e. The van der Waals surface area contributed by atoms with Crippen molar-refractivity contribution in [1.82, 2.24) is 4.90 Å². The number of methoxy groups -OCH3 is 1. The van der Waals surface area contributed by atoms with Crippen molar-refractivity contribution in [2.24, 2.45) is 0 Å². The number of hydrogen-bond acceptors (Lipinski definition) is 5. The molecule has 0 N–H and O–H groups in total. The maximum absolute atomic E-state index is 11.5. The van der Waals surface area contributed by atoms with Gasteiger partial charge in [-0.15, -0.1) is 0 Å². The zero-order valence-electron chi connectivity index (χ0n) is 17.1. The lowest BCUT2D eigenvalue weighted by molar-refractivity contribution is -0.139. The summed E-state index contributed by atoms with van der Waals surface area (Å²) in [6.07, 6.45) is 5.99. The molecule has 0 saturated heterocycles. The van der Waals surface area contributed by atoms with Crippen LogP contribution in [0.5, 0.6) is 5.75 Å². The largest absolute Gasteiger partial charge is 0.489 e. The number of ether oxygens (including phenoxy) is 2. The minimum atomic E-state index is -0.284. The molecule has 27 heavy (non-hydrogen) atoms. The summed E-state index contributed by atoms with van der Waals surface area (Å²) < 4.78 is 16.4. The third-order valence-corrected chi connectivity index (χ3v) is 4.72. The van der Waals surface area contributed by atoms with E-state index in [1.807, 2.05) is 26.0 Å². The van der Waals surface area contributed by atoms with Gasteiger partial charge in [-0.05, 0) is 51.5 Å². The Morgan fingerprint density at radius 1 is 1.26 bits per heavy atom.